The maximum absolute atomic E-state index is 12.9. The first kappa shape index (κ1) is 25.8. The number of nitrogen functional groups attached to an aromatic ring is 1. The van der Waals surface area contributed by atoms with E-state index in [0.29, 0.717) is 36.0 Å². The maximum Gasteiger partial charge on any atom is 0.352 e. The Morgan fingerprint density at radius 3 is 2.89 bits per heavy atom. The molecule has 192 valence electrons. The Balaban J connectivity index is 1.47. The number of carbonyl (C=O) groups is 3. The molecule has 16 nitrogen and oxygen atoms in total. The van der Waals surface area contributed by atoms with Crippen molar-refractivity contribution >= 4 is 63.7 Å². The monoisotopic (exact) mass is 555 g/mol. The number of aliphatic carboxylic acids is 1. The van der Waals surface area contributed by atoms with Crippen LogP contribution in [-0.4, -0.2) is 99.6 Å². The Bertz CT molecular complexity index is 1230. The number of nitrogens with two attached hydrogens (primary N) is 2. The van der Waals surface area contributed by atoms with Crippen molar-refractivity contribution in [3.63, 3.8) is 0 Å². The molecule has 0 spiro atoms. The van der Waals surface area contributed by atoms with Crippen LogP contribution in [0.15, 0.2) is 21.6 Å². The molecule has 4 heterocycles. The summed E-state index contributed by atoms with van der Waals surface area (Å²) in [6.07, 6.45) is 0.692. The molecule has 0 bridgehead atoms. The molecule has 1 fully saturated rings. The number of carboxylic acid groups (broad SMARTS) is 1. The van der Waals surface area contributed by atoms with Crippen LogP contribution in [0.3, 0.4) is 0 Å². The van der Waals surface area contributed by atoms with Crippen LogP contribution in [0, 0.1) is 0 Å². The van der Waals surface area contributed by atoms with Gasteiger partial charge in [0.1, 0.15) is 24.2 Å². The fourth-order valence-corrected chi connectivity index (χ4v) is 6.27. The molecule has 0 radical (unpaired) electrons. The fraction of sp³-hybridized carbons (Fsp3) is 0.471. The Labute approximate surface area is 216 Å². The third kappa shape index (κ3) is 5.13. The lowest BCUT2D eigenvalue weighted by Gasteiger charge is -2.49. The average molecular weight is 556 g/mol. The van der Waals surface area contributed by atoms with E-state index in [1.165, 1.54) is 35.5 Å². The zero-order valence-corrected chi connectivity index (χ0v) is 21.2. The molecule has 36 heavy (non-hydrogen) atoms. The van der Waals surface area contributed by atoms with Crippen LogP contribution in [0.5, 0.6) is 0 Å². The Morgan fingerprint density at radius 1 is 1.42 bits per heavy atom. The summed E-state index contributed by atoms with van der Waals surface area (Å²) in [5.41, 5.74) is 11.3. The van der Waals surface area contributed by atoms with Crippen LogP contribution < -0.4 is 16.8 Å². The lowest BCUT2D eigenvalue weighted by atomic mass is 10.0. The number of thioether (sulfide) groups is 2. The highest BCUT2D eigenvalue weighted by atomic mass is 32.2. The normalized spacial score (nSPS) is 19.7. The van der Waals surface area contributed by atoms with Crippen molar-refractivity contribution in [1.82, 2.24) is 39.8 Å². The first-order valence-electron chi connectivity index (χ1n) is 10.4. The van der Waals surface area contributed by atoms with E-state index in [1.807, 2.05) is 0 Å². The number of tetrazole rings is 1. The third-order valence-electron chi connectivity index (χ3n) is 5.04. The number of hydrogen-bond donors (Lipinski definition) is 4. The van der Waals surface area contributed by atoms with E-state index in [2.05, 4.69) is 35.4 Å². The molecule has 2 atom stereocenters. The van der Waals surface area contributed by atoms with Crippen molar-refractivity contribution in [2.75, 3.05) is 30.9 Å². The Morgan fingerprint density at radius 2 is 2.22 bits per heavy atom. The van der Waals surface area contributed by atoms with Gasteiger partial charge in [0.2, 0.25) is 16.7 Å². The molecular weight excluding hydrogens is 534 g/mol. The highest BCUT2D eigenvalue weighted by Crippen LogP contribution is 2.41. The van der Waals surface area contributed by atoms with Gasteiger partial charge in [-0.05, 0) is 29.0 Å². The smallest absolute Gasteiger partial charge is 0.352 e. The summed E-state index contributed by atoms with van der Waals surface area (Å²) >= 11 is 3.48. The summed E-state index contributed by atoms with van der Waals surface area (Å²) in [5.74, 6) is -1.98. The molecule has 0 aliphatic carbocycles. The van der Waals surface area contributed by atoms with Crippen LogP contribution in [0.4, 0.5) is 5.13 Å². The van der Waals surface area contributed by atoms with Crippen LogP contribution >= 0.6 is 35.1 Å². The zero-order chi connectivity index (χ0) is 25.8. The van der Waals surface area contributed by atoms with Gasteiger partial charge in [0, 0.05) is 29.6 Å². The second-order valence-corrected chi connectivity index (χ2v) is 10.1. The van der Waals surface area contributed by atoms with E-state index >= 15 is 0 Å². The number of anilines is 1. The second-order valence-electron chi connectivity index (χ2n) is 7.31. The first-order valence-corrected chi connectivity index (χ1v) is 13.2. The SMILES string of the molecule is CON=C(C(=O)NC1C(=O)N2C(C(=O)O)=C(CSc3nnnn3CCCN)CS[C@@H]12)c1nsc(N)n1. The molecule has 6 N–H and O–H groups in total. The highest BCUT2D eigenvalue weighted by molar-refractivity contribution is 8.01. The molecule has 1 saturated heterocycles. The number of β-lactam (4-membered cyclic amide) rings is 1. The summed E-state index contributed by atoms with van der Waals surface area (Å²) in [7, 11) is 1.25. The molecule has 0 aromatic carbocycles. The minimum atomic E-state index is -1.24. The number of amides is 2. The minimum absolute atomic E-state index is 0.0454. The predicted molar refractivity (Wildman–Crippen MR) is 130 cm³/mol. The van der Waals surface area contributed by atoms with Gasteiger partial charge in [-0.1, -0.05) is 16.9 Å². The molecule has 0 saturated carbocycles. The number of nitrogens with one attached hydrogen (secondary N) is 1. The van der Waals surface area contributed by atoms with E-state index in [4.69, 9.17) is 16.3 Å². The van der Waals surface area contributed by atoms with Gasteiger partial charge in [0.05, 0.1) is 0 Å². The van der Waals surface area contributed by atoms with Gasteiger partial charge in [-0.2, -0.15) is 9.36 Å². The van der Waals surface area contributed by atoms with Crippen LogP contribution in [0.2, 0.25) is 0 Å². The van der Waals surface area contributed by atoms with Gasteiger partial charge < -0.3 is 26.7 Å². The van der Waals surface area contributed by atoms with E-state index in [9.17, 15) is 19.5 Å². The van der Waals surface area contributed by atoms with Gasteiger partial charge in [-0.3, -0.25) is 14.5 Å². The summed E-state index contributed by atoms with van der Waals surface area (Å²) in [4.78, 5) is 47.7. The number of nitrogens with zero attached hydrogens (tertiary/aromatic N) is 8. The number of aromatic nitrogens is 6. The molecule has 19 heteroatoms. The fourth-order valence-electron chi connectivity index (χ4n) is 3.44. The van der Waals surface area contributed by atoms with Gasteiger partial charge >= 0.3 is 5.97 Å². The minimum Gasteiger partial charge on any atom is -0.477 e. The lowest BCUT2D eigenvalue weighted by Crippen LogP contribution is -2.71. The van der Waals surface area contributed by atoms with Crippen LogP contribution in [-0.2, 0) is 25.8 Å². The predicted octanol–water partition coefficient (Wildman–Crippen LogP) is -1.66. The van der Waals surface area contributed by atoms with Gasteiger partial charge in [-0.25, -0.2) is 9.48 Å². The number of carbonyl (C=O) groups excluding carboxylic acids is 2. The summed E-state index contributed by atoms with van der Waals surface area (Å²) < 4.78 is 5.54. The van der Waals surface area contributed by atoms with Gasteiger partial charge in [-0.15, -0.1) is 16.9 Å². The van der Waals surface area contributed by atoms with Crippen molar-refractivity contribution in [2.45, 2.75) is 29.5 Å². The van der Waals surface area contributed by atoms with Crippen molar-refractivity contribution in [3.8, 4) is 0 Å². The summed E-state index contributed by atoms with van der Waals surface area (Å²) in [6, 6.07) is -0.965. The molecule has 2 aromatic heterocycles. The number of oxime groups is 1. The van der Waals surface area contributed by atoms with Gasteiger partial charge in [0.25, 0.3) is 11.8 Å². The first-order chi connectivity index (χ1) is 17.3. The number of fused-ring (bicyclic) bond motifs is 1. The molecular formula is C17H21N11O5S3. The highest BCUT2D eigenvalue weighted by Gasteiger charge is 2.54. The molecule has 2 aliphatic heterocycles. The number of carboxylic acids is 1. The van der Waals surface area contributed by atoms with E-state index in [1.54, 1.807) is 4.68 Å². The Kier molecular flexibility index (Phi) is 8.01. The molecule has 4 rings (SSSR count). The van der Waals surface area contributed by atoms with E-state index in [0.717, 1.165) is 11.5 Å². The molecule has 2 amide bonds. The summed E-state index contributed by atoms with van der Waals surface area (Å²) in [6.45, 7) is 1.02. The van der Waals surface area contributed by atoms with Gasteiger partial charge in [0.15, 0.2) is 5.13 Å². The quantitative estimate of drug-likeness (QED) is 0.105. The van der Waals surface area contributed by atoms with Crippen molar-refractivity contribution in [1.29, 1.82) is 0 Å². The zero-order valence-electron chi connectivity index (χ0n) is 18.7. The number of aryl methyl sites for hydroxylation is 1. The standard InChI is InChI=1S/C17H21N11O5S3/c1-33-23-8(11-21-16(19)36-24-11)12(29)20-9-13(30)28-10(15(31)32)7(5-34-14(9)28)6-35-17-22-25-26-27(17)4-2-3-18/h9,14H,2-6,18H2,1H3,(H,20,29)(H,31,32)(H2,19,21,24)/t9?,14-/m0/s1. The molecule has 2 aliphatic rings. The second kappa shape index (κ2) is 11.2. The maximum atomic E-state index is 12.9. The Hall–Kier alpha value is -3.29. The number of rotatable bonds is 11. The van der Waals surface area contributed by atoms with E-state index in [-0.39, 0.29) is 28.1 Å². The average Bonchev–Trinajstić information content (AvgIpc) is 3.50. The van der Waals surface area contributed by atoms with Crippen molar-refractivity contribution < 1.29 is 24.3 Å². The van der Waals surface area contributed by atoms with E-state index < -0.39 is 29.2 Å². The lowest BCUT2D eigenvalue weighted by molar-refractivity contribution is -0.150. The third-order valence-corrected chi connectivity index (χ3v) is 7.96. The van der Waals surface area contributed by atoms with Crippen LogP contribution in [0.1, 0.15) is 12.2 Å². The summed E-state index contributed by atoms with van der Waals surface area (Å²) in [5, 5.41) is 27.7. The topological polar surface area (TPSA) is 230 Å². The number of hydrogen-bond acceptors (Lipinski definition) is 15. The molecule has 2 aromatic rings. The largest absolute Gasteiger partial charge is 0.477 e. The van der Waals surface area contributed by atoms with Crippen molar-refractivity contribution in [2.24, 2.45) is 10.9 Å². The molecule has 1 unspecified atom stereocenters. The van der Waals surface area contributed by atoms with Crippen LogP contribution in [0.25, 0.3) is 0 Å². The van der Waals surface area contributed by atoms with Crippen molar-refractivity contribution in [3.05, 3.63) is 17.1 Å².